The summed E-state index contributed by atoms with van der Waals surface area (Å²) < 4.78 is 17.3. The van der Waals surface area contributed by atoms with Crippen molar-refractivity contribution in [3.63, 3.8) is 0 Å². The van der Waals surface area contributed by atoms with E-state index in [0.717, 1.165) is 48.9 Å². The molecule has 1 aliphatic heterocycles. The molecule has 0 N–H and O–H groups in total. The molecule has 6 heteroatoms. The number of hydrogen-bond acceptors (Lipinski definition) is 6. The van der Waals surface area contributed by atoms with Gasteiger partial charge in [0.15, 0.2) is 5.79 Å². The number of rotatable bonds is 3. The fourth-order valence-electron chi connectivity index (χ4n) is 2.57. The van der Waals surface area contributed by atoms with Crippen LogP contribution in [-0.4, -0.2) is 35.3 Å². The van der Waals surface area contributed by atoms with Gasteiger partial charge in [0.25, 0.3) is 0 Å². The minimum atomic E-state index is -0.292. The lowest BCUT2D eigenvalue weighted by Gasteiger charge is -2.35. The van der Waals surface area contributed by atoms with E-state index in [-0.39, 0.29) is 5.79 Å². The van der Waals surface area contributed by atoms with E-state index in [1.165, 1.54) is 0 Å². The zero-order valence-corrected chi connectivity index (χ0v) is 11.4. The second kappa shape index (κ2) is 5.21. The molecular weight excluding hydrogens is 252 g/mol. The highest BCUT2D eigenvalue weighted by Gasteiger charge is 2.40. The van der Waals surface area contributed by atoms with Crippen LogP contribution in [0.4, 0.5) is 0 Å². The standard InChI is InChI=1S/C12H18N2O3S/c1-9-13-14-11(18-9)8-15-10-2-4-12(5-3-10)16-6-7-17-12/h10H,2-8H2,1H3. The van der Waals surface area contributed by atoms with E-state index >= 15 is 0 Å². The van der Waals surface area contributed by atoms with Crippen molar-refractivity contribution in [2.75, 3.05) is 13.2 Å². The molecule has 0 atom stereocenters. The maximum atomic E-state index is 5.88. The summed E-state index contributed by atoms with van der Waals surface area (Å²) >= 11 is 1.60. The van der Waals surface area contributed by atoms with Gasteiger partial charge in [-0.1, -0.05) is 11.3 Å². The molecule has 1 aliphatic carbocycles. The summed E-state index contributed by atoms with van der Waals surface area (Å²) in [7, 11) is 0. The monoisotopic (exact) mass is 270 g/mol. The largest absolute Gasteiger partial charge is 0.371 e. The third-order valence-corrected chi connectivity index (χ3v) is 4.33. The van der Waals surface area contributed by atoms with Gasteiger partial charge in [0, 0.05) is 12.8 Å². The van der Waals surface area contributed by atoms with Crippen LogP contribution in [0.5, 0.6) is 0 Å². The quantitative estimate of drug-likeness (QED) is 0.841. The van der Waals surface area contributed by atoms with E-state index in [1.54, 1.807) is 11.3 Å². The Hall–Kier alpha value is -0.560. The van der Waals surface area contributed by atoms with Crippen molar-refractivity contribution >= 4 is 11.3 Å². The molecule has 0 aromatic carbocycles. The summed E-state index contributed by atoms with van der Waals surface area (Å²) in [4.78, 5) is 0. The predicted octanol–water partition coefficient (Wildman–Crippen LogP) is 2.05. The molecule has 1 aromatic rings. The van der Waals surface area contributed by atoms with Crippen molar-refractivity contribution in [2.24, 2.45) is 0 Å². The Kier molecular flexibility index (Phi) is 3.61. The topological polar surface area (TPSA) is 53.5 Å². The van der Waals surface area contributed by atoms with Crippen LogP contribution < -0.4 is 0 Å². The normalized spacial score (nSPS) is 23.8. The van der Waals surface area contributed by atoms with Crippen LogP contribution in [0.25, 0.3) is 0 Å². The lowest BCUT2D eigenvalue weighted by atomic mass is 9.92. The minimum absolute atomic E-state index is 0.292. The Labute approximate surface area is 110 Å². The smallest absolute Gasteiger partial charge is 0.168 e. The van der Waals surface area contributed by atoms with Crippen molar-refractivity contribution < 1.29 is 14.2 Å². The van der Waals surface area contributed by atoms with Gasteiger partial charge in [-0.15, -0.1) is 10.2 Å². The summed E-state index contributed by atoms with van der Waals surface area (Å²) in [5, 5.41) is 10.0. The van der Waals surface area contributed by atoms with E-state index < -0.39 is 0 Å². The molecule has 1 saturated heterocycles. The van der Waals surface area contributed by atoms with Crippen LogP contribution in [0.15, 0.2) is 0 Å². The van der Waals surface area contributed by atoms with Gasteiger partial charge in [-0.2, -0.15) is 0 Å². The van der Waals surface area contributed by atoms with Crippen molar-refractivity contribution in [2.45, 2.75) is 51.1 Å². The first-order valence-electron chi connectivity index (χ1n) is 6.44. The fourth-order valence-corrected chi connectivity index (χ4v) is 3.20. The molecule has 1 saturated carbocycles. The Bertz CT molecular complexity index is 394. The Morgan fingerprint density at radius 3 is 2.61 bits per heavy atom. The number of aromatic nitrogens is 2. The van der Waals surface area contributed by atoms with Gasteiger partial charge >= 0.3 is 0 Å². The van der Waals surface area contributed by atoms with Crippen molar-refractivity contribution in [1.82, 2.24) is 10.2 Å². The maximum absolute atomic E-state index is 5.88. The average molecular weight is 270 g/mol. The van der Waals surface area contributed by atoms with Crippen LogP contribution in [-0.2, 0) is 20.8 Å². The number of hydrogen-bond donors (Lipinski definition) is 0. The summed E-state index contributed by atoms with van der Waals surface area (Å²) in [6.07, 6.45) is 4.17. The molecule has 18 heavy (non-hydrogen) atoms. The van der Waals surface area contributed by atoms with Gasteiger partial charge in [-0.05, 0) is 19.8 Å². The van der Waals surface area contributed by atoms with E-state index in [2.05, 4.69) is 10.2 Å². The summed E-state index contributed by atoms with van der Waals surface area (Å²) in [5.74, 6) is -0.292. The highest BCUT2D eigenvalue weighted by Crippen LogP contribution is 2.36. The van der Waals surface area contributed by atoms with Crippen LogP contribution in [0.1, 0.15) is 35.7 Å². The second-order valence-electron chi connectivity index (χ2n) is 4.83. The lowest BCUT2D eigenvalue weighted by Crippen LogP contribution is -2.37. The summed E-state index contributed by atoms with van der Waals surface area (Å²) in [5.41, 5.74) is 0. The molecule has 0 unspecified atom stereocenters. The third kappa shape index (κ3) is 2.71. The number of aryl methyl sites for hydroxylation is 1. The molecule has 5 nitrogen and oxygen atoms in total. The van der Waals surface area contributed by atoms with E-state index in [0.29, 0.717) is 12.7 Å². The molecule has 100 valence electrons. The number of ether oxygens (including phenoxy) is 3. The van der Waals surface area contributed by atoms with E-state index in [9.17, 15) is 0 Å². The molecular formula is C12H18N2O3S. The SMILES string of the molecule is Cc1nnc(COC2CCC3(CC2)OCCO3)s1. The van der Waals surface area contributed by atoms with E-state index in [1.807, 2.05) is 6.92 Å². The van der Waals surface area contributed by atoms with Gasteiger partial charge in [0.05, 0.1) is 19.3 Å². The maximum Gasteiger partial charge on any atom is 0.168 e. The van der Waals surface area contributed by atoms with Gasteiger partial charge < -0.3 is 14.2 Å². The van der Waals surface area contributed by atoms with Gasteiger partial charge in [-0.25, -0.2) is 0 Å². The molecule has 0 bridgehead atoms. The van der Waals surface area contributed by atoms with Crippen molar-refractivity contribution in [1.29, 1.82) is 0 Å². The molecule has 3 rings (SSSR count). The third-order valence-electron chi connectivity index (χ3n) is 3.52. The summed E-state index contributed by atoms with van der Waals surface area (Å²) in [6, 6.07) is 0. The van der Waals surface area contributed by atoms with E-state index in [4.69, 9.17) is 14.2 Å². The van der Waals surface area contributed by atoms with Crippen molar-refractivity contribution in [3.8, 4) is 0 Å². The first kappa shape index (κ1) is 12.5. The molecule has 0 amide bonds. The van der Waals surface area contributed by atoms with Gasteiger partial charge in [-0.3, -0.25) is 0 Å². The van der Waals surface area contributed by atoms with Crippen molar-refractivity contribution in [3.05, 3.63) is 10.0 Å². The number of nitrogens with zero attached hydrogens (tertiary/aromatic N) is 2. The Balaban J connectivity index is 1.45. The van der Waals surface area contributed by atoms with Gasteiger partial charge in [0.2, 0.25) is 0 Å². The Morgan fingerprint density at radius 1 is 1.28 bits per heavy atom. The molecule has 2 aliphatic rings. The minimum Gasteiger partial charge on any atom is -0.371 e. The second-order valence-corrected chi connectivity index (χ2v) is 6.10. The fraction of sp³-hybridized carbons (Fsp3) is 0.833. The molecule has 2 fully saturated rings. The van der Waals surface area contributed by atoms with Crippen LogP contribution >= 0.6 is 11.3 Å². The zero-order chi connectivity index (χ0) is 12.4. The average Bonchev–Trinajstić information content (AvgIpc) is 2.99. The van der Waals surface area contributed by atoms with Gasteiger partial charge in [0.1, 0.15) is 16.6 Å². The predicted molar refractivity (Wildman–Crippen MR) is 66.3 cm³/mol. The molecule has 1 aromatic heterocycles. The highest BCUT2D eigenvalue weighted by atomic mass is 32.1. The first-order valence-corrected chi connectivity index (χ1v) is 7.26. The van der Waals surface area contributed by atoms with Crippen LogP contribution in [0, 0.1) is 6.92 Å². The lowest BCUT2D eigenvalue weighted by molar-refractivity contribution is -0.192. The molecule has 2 heterocycles. The first-order chi connectivity index (χ1) is 8.76. The summed E-state index contributed by atoms with van der Waals surface area (Å²) in [6.45, 7) is 4.00. The molecule has 0 radical (unpaired) electrons. The molecule has 1 spiro atoms. The Morgan fingerprint density at radius 2 is 2.00 bits per heavy atom. The van der Waals surface area contributed by atoms with Crippen LogP contribution in [0.3, 0.4) is 0 Å². The highest BCUT2D eigenvalue weighted by molar-refractivity contribution is 7.11. The zero-order valence-electron chi connectivity index (χ0n) is 10.6. The van der Waals surface area contributed by atoms with Crippen LogP contribution in [0.2, 0.25) is 0 Å².